The van der Waals surface area contributed by atoms with E-state index in [1.165, 1.54) is 12.1 Å². The molecule has 20 heavy (non-hydrogen) atoms. The summed E-state index contributed by atoms with van der Waals surface area (Å²) in [5.41, 5.74) is 0.304. The number of benzene rings is 1. The molecule has 0 aliphatic heterocycles. The van der Waals surface area contributed by atoms with Gasteiger partial charge in [-0.05, 0) is 37.5 Å². The van der Waals surface area contributed by atoms with Crippen molar-refractivity contribution >= 4 is 29.3 Å². The second kappa shape index (κ2) is 6.09. The van der Waals surface area contributed by atoms with Gasteiger partial charge in [0.1, 0.15) is 5.82 Å². The van der Waals surface area contributed by atoms with E-state index in [0.29, 0.717) is 24.9 Å². The minimum Gasteiger partial charge on any atom is -0.481 e. The number of rotatable bonds is 3. The van der Waals surface area contributed by atoms with Crippen LogP contribution in [0.4, 0.5) is 14.9 Å². The van der Waals surface area contributed by atoms with Gasteiger partial charge < -0.3 is 15.7 Å². The molecule has 0 heterocycles. The number of carbonyl (C=O) groups is 2. The van der Waals surface area contributed by atoms with Crippen LogP contribution < -0.4 is 10.6 Å². The van der Waals surface area contributed by atoms with Crippen LogP contribution in [0, 0.1) is 11.7 Å². The largest absolute Gasteiger partial charge is 0.481 e. The van der Waals surface area contributed by atoms with Crippen LogP contribution in [0.1, 0.15) is 19.3 Å². The summed E-state index contributed by atoms with van der Waals surface area (Å²) in [7, 11) is 0. The maximum atomic E-state index is 12.9. The molecule has 1 aromatic rings. The molecule has 1 saturated carbocycles. The van der Waals surface area contributed by atoms with E-state index < -0.39 is 23.7 Å². The van der Waals surface area contributed by atoms with Crippen molar-refractivity contribution in [2.24, 2.45) is 5.92 Å². The van der Waals surface area contributed by atoms with E-state index in [1.54, 1.807) is 0 Å². The molecule has 0 aromatic heterocycles. The zero-order chi connectivity index (χ0) is 14.7. The molecule has 1 aliphatic carbocycles. The first-order valence-corrected chi connectivity index (χ1v) is 6.59. The molecule has 0 radical (unpaired) electrons. The number of carboxylic acid groups (broad SMARTS) is 1. The van der Waals surface area contributed by atoms with Crippen molar-refractivity contribution in [2.75, 3.05) is 5.32 Å². The van der Waals surface area contributed by atoms with E-state index in [2.05, 4.69) is 10.6 Å². The summed E-state index contributed by atoms with van der Waals surface area (Å²) in [6, 6.07) is 3.02. The molecule has 1 fully saturated rings. The number of hydrogen-bond acceptors (Lipinski definition) is 2. The number of urea groups is 1. The van der Waals surface area contributed by atoms with Crippen molar-refractivity contribution in [3.05, 3.63) is 29.0 Å². The Kier molecular flexibility index (Phi) is 4.44. The van der Waals surface area contributed by atoms with Gasteiger partial charge in [-0.3, -0.25) is 4.79 Å². The van der Waals surface area contributed by atoms with Crippen LogP contribution in [0.2, 0.25) is 5.02 Å². The van der Waals surface area contributed by atoms with E-state index in [0.717, 1.165) is 6.07 Å². The molecule has 1 aromatic carbocycles. The molecule has 5 nitrogen and oxygen atoms in total. The topological polar surface area (TPSA) is 78.4 Å². The van der Waals surface area contributed by atoms with Crippen LogP contribution in [0.3, 0.4) is 0 Å². The molecule has 7 heteroatoms. The van der Waals surface area contributed by atoms with E-state index >= 15 is 0 Å². The molecule has 0 saturated heterocycles. The monoisotopic (exact) mass is 300 g/mol. The van der Waals surface area contributed by atoms with Crippen molar-refractivity contribution in [2.45, 2.75) is 25.3 Å². The van der Waals surface area contributed by atoms with Gasteiger partial charge in [0, 0.05) is 6.04 Å². The molecule has 0 unspecified atom stereocenters. The Bertz CT molecular complexity index is 538. The summed E-state index contributed by atoms with van der Waals surface area (Å²) in [5.74, 6) is -1.73. The fourth-order valence-corrected chi connectivity index (χ4v) is 2.49. The third-order valence-corrected chi connectivity index (χ3v) is 3.61. The number of carboxylic acids is 1. The normalized spacial score (nSPS) is 21.5. The highest BCUT2D eigenvalue weighted by atomic mass is 35.5. The predicted molar refractivity (Wildman–Crippen MR) is 72.3 cm³/mol. The van der Waals surface area contributed by atoms with Crippen molar-refractivity contribution in [1.82, 2.24) is 5.32 Å². The SMILES string of the molecule is O=C(Nc1ccc(F)cc1Cl)N[C@H]1CC[C@@H](C(=O)O)C1. The minimum absolute atomic E-state index is 0.106. The Labute approximate surface area is 120 Å². The number of aliphatic carboxylic acids is 1. The first-order chi connectivity index (χ1) is 9.45. The van der Waals surface area contributed by atoms with E-state index in [-0.39, 0.29) is 11.1 Å². The summed E-state index contributed by atoms with van der Waals surface area (Å²) >= 11 is 5.79. The van der Waals surface area contributed by atoms with Gasteiger partial charge in [0.05, 0.1) is 16.6 Å². The van der Waals surface area contributed by atoms with E-state index in [9.17, 15) is 14.0 Å². The number of halogens is 2. The highest BCUT2D eigenvalue weighted by molar-refractivity contribution is 6.33. The number of anilines is 1. The van der Waals surface area contributed by atoms with Gasteiger partial charge >= 0.3 is 12.0 Å². The quantitative estimate of drug-likeness (QED) is 0.803. The zero-order valence-electron chi connectivity index (χ0n) is 10.5. The van der Waals surface area contributed by atoms with Crippen molar-refractivity contribution in [1.29, 1.82) is 0 Å². The fourth-order valence-electron chi connectivity index (χ4n) is 2.27. The highest BCUT2D eigenvalue weighted by Crippen LogP contribution is 2.26. The van der Waals surface area contributed by atoms with Crippen molar-refractivity contribution < 1.29 is 19.1 Å². The lowest BCUT2D eigenvalue weighted by atomic mass is 10.1. The average Bonchev–Trinajstić information content (AvgIpc) is 2.81. The lowest BCUT2D eigenvalue weighted by Gasteiger charge is -2.14. The van der Waals surface area contributed by atoms with Crippen molar-refractivity contribution in [3.63, 3.8) is 0 Å². The minimum atomic E-state index is -0.837. The summed E-state index contributed by atoms with van der Waals surface area (Å²) in [6.45, 7) is 0. The van der Waals surface area contributed by atoms with Gasteiger partial charge in [0.25, 0.3) is 0 Å². The third-order valence-electron chi connectivity index (χ3n) is 3.30. The number of hydrogen-bond donors (Lipinski definition) is 3. The Morgan fingerprint density at radius 1 is 1.35 bits per heavy atom. The maximum Gasteiger partial charge on any atom is 0.319 e. The van der Waals surface area contributed by atoms with Crippen LogP contribution in [-0.2, 0) is 4.79 Å². The second-order valence-corrected chi connectivity index (χ2v) is 5.17. The maximum absolute atomic E-state index is 12.9. The molecule has 2 atom stereocenters. The standard InChI is InChI=1S/C13H14ClFN2O3/c14-10-6-8(15)2-4-11(10)17-13(20)16-9-3-1-7(5-9)12(18)19/h2,4,6-7,9H,1,3,5H2,(H,18,19)(H2,16,17,20)/t7-,9+/m1/s1. The van der Waals surface area contributed by atoms with Crippen LogP contribution in [0.25, 0.3) is 0 Å². The average molecular weight is 301 g/mol. The summed E-state index contributed by atoms with van der Waals surface area (Å²) in [5, 5.41) is 14.2. The third kappa shape index (κ3) is 3.60. The lowest BCUT2D eigenvalue weighted by molar-refractivity contribution is -0.141. The molecule has 108 valence electrons. The number of carbonyl (C=O) groups excluding carboxylic acids is 1. The first kappa shape index (κ1) is 14.6. The smallest absolute Gasteiger partial charge is 0.319 e. The molecule has 0 bridgehead atoms. The molecule has 3 N–H and O–H groups in total. The zero-order valence-corrected chi connectivity index (χ0v) is 11.3. The summed E-state index contributed by atoms with van der Waals surface area (Å²) in [6.07, 6.45) is 1.60. The van der Waals surface area contributed by atoms with Gasteiger partial charge in [-0.15, -0.1) is 0 Å². The van der Waals surface area contributed by atoms with Gasteiger partial charge in [-0.2, -0.15) is 0 Å². The Balaban J connectivity index is 1.88. The number of amides is 2. The van der Waals surface area contributed by atoms with Crippen LogP contribution in [0.5, 0.6) is 0 Å². The molecule has 2 amide bonds. The highest BCUT2D eigenvalue weighted by Gasteiger charge is 2.30. The van der Waals surface area contributed by atoms with Crippen LogP contribution in [0.15, 0.2) is 18.2 Å². The summed E-state index contributed by atoms with van der Waals surface area (Å²) in [4.78, 5) is 22.6. The van der Waals surface area contributed by atoms with Crippen LogP contribution >= 0.6 is 11.6 Å². The fraction of sp³-hybridized carbons (Fsp3) is 0.385. The van der Waals surface area contributed by atoms with Gasteiger partial charge in [0.2, 0.25) is 0 Å². The molecule has 2 rings (SSSR count). The van der Waals surface area contributed by atoms with Gasteiger partial charge in [0.15, 0.2) is 0 Å². The first-order valence-electron chi connectivity index (χ1n) is 6.21. The van der Waals surface area contributed by atoms with E-state index in [4.69, 9.17) is 16.7 Å². The molecular weight excluding hydrogens is 287 g/mol. The van der Waals surface area contributed by atoms with Gasteiger partial charge in [-0.1, -0.05) is 11.6 Å². The Morgan fingerprint density at radius 2 is 2.10 bits per heavy atom. The molecule has 1 aliphatic rings. The summed E-state index contributed by atoms with van der Waals surface area (Å²) < 4.78 is 12.9. The Morgan fingerprint density at radius 3 is 2.70 bits per heavy atom. The van der Waals surface area contributed by atoms with Crippen molar-refractivity contribution in [3.8, 4) is 0 Å². The molecule has 0 spiro atoms. The Hall–Kier alpha value is -1.82. The van der Waals surface area contributed by atoms with Gasteiger partial charge in [-0.25, -0.2) is 9.18 Å². The second-order valence-electron chi connectivity index (χ2n) is 4.77. The molecular formula is C13H14ClFN2O3. The lowest BCUT2D eigenvalue weighted by Crippen LogP contribution is -2.36. The van der Waals surface area contributed by atoms with Crippen LogP contribution in [-0.4, -0.2) is 23.1 Å². The number of nitrogens with one attached hydrogen (secondary N) is 2. The predicted octanol–water partition coefficient (Wildman–Crippen LogP) is 2.85. The van der Waals surface area contributed by atoms with E-state index in [1.807, 2.05) is 0 Å².